The summed E-state index contributed by atoms with van der Waals surface area (Å²) in [5.41, 5.74) is 3.24. The molecule has 1 amide bonds. The molecule has 8 heteroatoms. The van der Waals surface area contributed by atoms with Crippen LogP contribution >= 0.6 is 23.8 Å². The third-order valence-electron chi connectivity index (χ3n) is 5.94. The number of nitrogens with one attached hydrogen (secondary N) is 2. The van der Waals surface area contributed by atoms with Gasteiger partial charge in [0, 0.05) is 37.4 Å². The molecule has 0 radical (unpaired) electrons. The van der Waals surface area contributed by atoms with E-state index in [-0.39, 0.29) is 11.0 Å². The van der Waals surface area contributed by atoms with Crippen LogP contribution in [-0.4, -0.2) is 48.6 Å². The Morgan fingerprint density at radius 1 is 1.00 bits per heavy atom. The van der Waals surface area contributed by atoms with E-state index in [9.17, 15) is 4.79 Å². The molecule has 4 rings (SSSR count). The zero-order chi connectivity index (χ0) is 24.6. The van der Waals surface area contributed by atoms with Crippen LogP contribution in [-0.2, 0) is 6.61 Å². The van der Waals surface area contributed by atoms with E-state index in [1.165, 1.54) is 0 Å². The Morgan fingerprint density at radius 3 is 2.49 bits per heavy atom. The number of halogens is 1. The first-order chi connectivity index (χ1) is 17.0. The van der Waals surface area contributed by atoms with E-state index in [1.54, 1.807) is 18.2 Å². The number of likely N-dealkylation sites (N-methyl/N-ethyl adjacent to an activating group) is 1. The van der Waals surface area contributed by atoms with Crippen LogP contribution in [0, 0.1) is 0 Å². The smallest absolute Gasteiger partial charge is 0.257 e. The van der Waals surface area contributed by atoms with Crippen LogP contribution in [0.25, 0.3) is 0 Å². The summed E-state index contributed by atoms with van der Waals surface area (Å²) in [7, 11) is 0. The van der Waals surface area contributed by atoms with Gasteiger partial charge in [0.25, 0.3) is 5.91 Å². The number of piperazine rings is 1. The largest absolute Gasteiger partial charge is 0.489 e. The van der Waals surface area contributed by atoms with Gasteiger partial charge in [0.2, 0.25) is 0 Å². The van der Waals surface area contributed by atoms with Gasteiger partial charge in [-0.15, -0.1) is 0 Å². The topological polar surface area (TPSA) is 56.8 Å². The highest BCUT2D eigenvalue weighted by Gasteiger charge is 2.18. The quantitative estimate of drug-likeness (QED) is 0.428. The van der Waals surface area contributed by atoms with Gasteiger partial charge in [-0.05, 0) is 60.7 Å². The highest BCUT2D eigenvalue weighted by atomic mass is 35.5. The van der Waals surface area contributed by atoms with Crippen molar-refractivity contribution >= 4 is 46.2 Å². The van der Waals surface area contributed by atoms with E-state index in [4.69, 9.17) is 28.6 Å². The summed E-state index contributed by atoms with van der Waals surface area (Å²) in [4.78, 5) is 17.4. The lowest BCUT2D eigenvalue weighted by molar-refractivity contribution is 0.0977. The zero-order valence-corrected chi connectivity index (χ0v) is 21.2. The van der Waals surface area contributed by atoms with Crippen molar-refractivity contribution in [2.75, 3.05) is 42.9 Å². The minimum atomic E-state index is -0.316. The predicted octanol–water partition coefficient (Wildman–Crippen LogP) is 5.19. The molecule has 1 fully saturated rings. The molecule has 182 valence electrons. The molecule has 0 aliphatic carbocycles. The van der Waals surface area contributed by atoms with E-state index in [0.29, 0.717) is 22.9 Å². The average molecular weight is 509 g/mol. The first kappa shape index (κ1) is 25.0. The Morgan fingerprint density at radius 2 is 1.77 bits per heavy atom. The van der Waals surface area contributed by atoms with Gasteiger partial charge in [0.1, 0.15) is 12.4 Å². The van der Waals surface area contributed by atoms with Gasteiger partial charge >= 0.3 is 0 Å². The van der Waals surface area contributed by atoms with Gasteiger partial charge in [-0.2, -0.15) is 0 Å². The van der Waals surface area contributed by atoms with Crippen molar-refractivity contribution in [3.63, 3.8) is 0 Å². The minimum Gasteiger partial charge on any atom is -0.489 e. The molecule has 0 atom stereocenters. The number of ether oxygens (including phenoxy) is 1. The van der Waals surface area contributed by atoms with Crippen molar-refractivity contribution in [1.82, 2.24) is 10.2 Å². The maximum absolute atomic E-state index is 12.7. The number of anilines is 2. The summed E-state index contributed by atoms with van der Waals surface area (Å²) in [5.74, 6) is 0.298. The maximum Gasteiger partial charge on any atom is 0.257 e. The fourth-order valence-corrected chi connectivity index (χ4v) is 4.46. The van der Waals surface area contributed by atoms with Gasteiger partial charge in [-0.3, -0.25) is 10.1 Å². The second-order valence-corrected chi connectivity index (χ2v) is 9.11. The third-order valence-corrected chi connectivity index (χ3v) is 6.44. The van der Waals surface area contributed by atoms with Crippen molar-refractivity contribution in [3.8, 4) is 5.75 Å². The normalized spacial score (nSPS) is 13.8. The summed E-state index contributed by atoms with van der Waals surface area (Å²) in [6, 6.07) is 22.6. The molecule has 3 aromatic carbocycles. The van der Waals surface area contributed by atoms with Crippen LogP contribution in [0.4, 0.5) is 11.4 Å². The van der Waals surface area contributed by atoms with Crippen molar-refractivity contribution in [3.05, 3.63) is 88.9 Å². The lowest BCUT2D eigenvalue weighted by atomic mass is 10.2. The summed E-state index contributed by atoms with van der Waals surface area (Å²) in [5, 5.41) is 6.62. The van der Waals surface area contributed by atoms with Crippen LogP contribution in [0.1, 0.15) is 22.8 Å². The van der Waals surface area contributed by atoms with Crippen LogP contribution in [0.15, 0.2) is 72.8 Å². The number of hydrogen-bond donors (Lipinski definition) is 2. The summed E-state index contributed by atoms with van der Waals surface area (Å²) in [6.45, 7) is 7.63. The monoisotopic (exact) mass is 508 g/mol. The van der Waals surface area contributed by atoms with Crippen LogP contribution in [0.5, 0.6) is 5.75 Å². The average Bonchev–Trinajstić information content (AvgIpc) is 2.88. The Bertz CT molecular complexity index is 1170. The molecule has 1 aliphatic rings. The van der Waals surface area contributed by atoms with Crippen LogP contribution in [0.3, 0.4) is 0 Å². The Labute approximate surface area is 216 Å². The first-order valence-corrected chi connectivity index (χ1v) is 12.5. The standard InChI is InChI=1S/C27H29ClN4O2S/c1-2-31-13-15-32(16-14-31)25-12-11-22(18-24(25)28)29-27(35)30-26(33)21-9-6-10-23(17-21)34-19-20-7-4-3-5-8-20/h3-12,17-18H,2,13-16,19H2,1H3,(H2,29,30,33,35). The molecule has 2 N–H and O–H groups in total. The molecule has 0 bridgehead atoms. The fourth-order valence-electron chi connectivity index (χ4n) is 3.95. The molecule has 0 spiro atoms. The summed E-state index contributed by atoms with van der Waals surface area (Å²) >= 11 is 11.9. The lowest BCUT2D eigenvalue weighted by Gasteiger charge is -2.36. The molecule has 3 aromatic rings. The van der Waals surface area contributed by atoms with Crippen LogP contribution < -0.4 is 20.3 Å². The van der Waals surface area contributed by atoms with Gasteiger partial charge in [-0.25, -0.2) is 0 Å². The summed E-state index contributed by atoms with van der Waals surface area (Å²) in [6.07, 6.45) is 0. The van der Waals surface area contributed by atoms with Crippen molar-refractivity contribution in [2.45, 2.75) is 13.5 Å². The van der Waals surface area contributed by atoms with E-state index < -0.39 is 0 Å². The third kappa shape index (κ3) is 6.94. The van der Waals surface area contributed by atoms with Crippen molar-refractivity contribution in [1.29, 1.82) is 0 Å². The van der Waals surface area contributed by atoms with Crippen molar-refractivity contribution in [2.24, 2.45) is 0 Å². The molecule has 6 nitrogen and oxygen atoms in total. The molecule has 35 heavy (non-hydrogen) atoms. The number of hydrogen-bond acceptors (Lipinski definition) is 5. The first-order valence-electron chi connectivity index (χ1n) is 11.7. The molecule has 1 heterocycles. The molecular weight excluding hydrogens is 480 g/mol. The second kappa shape index (κ2) is 12.0. The van der Waals surface area contributed by atoms with Crippen LogP contribution in [0.2, 0.25) is 5.02 Å². The Kier molecular flexibility index (Phi) is 8.58. The van der Waals surface area contributed by atoms with E-state index in [0.717, 1.165) is 49.7 Å². The molecule has 1 aliphatic heterocycles. The fraction of sp³-hybridized carbons (Fsp3) is 0.259. The molecule has 0 saturated carbocycles. The zero-order valence-electron chi connectivity index (χ0n) is 19.7. The van der Waals surface area contributed by atoms with Gasteiger partial charge in [-0.1, -0.05) is 54.9 Å². The van der Waals surface area contributed by atoms with E-state index in [2.05, 4.69) is 27.4 Å². The van der Waals surface area contributed by atoms with Crippen molar-refractivity contribution < 1.29 is 9.53 Å². The van der Waals surface area contributed by atoms with Gasteiger partial charge < -0.3 is 19.9 Å². The number of thiocarbonyl (C=S) groups is 1. The highest BCUT2D eigenvalue weighted by Crippen LogP contribution is 2.29. The molecule has 0 unspecified atom stereocenters. The maximum atomic E-state index is 12.7. The number of carbonyl (C=O) groups is 1. The number of nitrogens with zero attached hydrogens (tertiary/aromatic N) is 2. The van der Waals surface area contributed by atoms with E-state index in [1.807, 2.05) is 54.6 Å². The molecule has 1 saturated heterocycles. The van der Waals surface area contributed by atoms with Gasteiger partial charge in [0.15, 0.2) is 5.11 Å². The Hall–Kier alpha value is -3.13. The number of amides is 1. The Balaban J connectivity index is 1.31. The predicted molar refractivity (Wildman–Crippen MR) is 147 cm³/mol. The molecular formula is C27H29ClN4O2S. The minimum absolute atomic E-state index is 0.200. The number of rotatable bonds is 7. The van der Waals surface area contributed by atoms with E-state index >= 15 is 0 Å². The second-order valence-electron chi connectivity index (χ2n) is 8.30. The lowest BCUT2D eigenvalue weighted by Crippen LogP contribution is -2.46. The van der Waals surface area contributed by atoms with Gasteiger partial charge in [0.05, 0.1) is 10.7 Å². The molecule has 0 aromatic heterocycles. The number of carbonyl (C=O) groups excluding carboxylic acids is 1. The SMILES string of the molecule is CCN1CCN(c2ccc(NC(=S)NC(=O)c3cccc(OCc4ccccc4)c3)cc2Cl)CC1. The number of benzene rings is 3. The highest BCUT2D eigenvalue weighted by molar-refractivity contribution is 7.80. The summed E-state index contributed by atoms with van der Waals surface area (Å²) < 4.78 is 5.82.